The molecule has 0 saturated heterocycles. The lowest BCUT2D eigenvalue weighted by Crippen LogP contribution is -1.87. The average Bonchev–Trinajstić information content (AvgIpc) is 2.38. The van der Waals surface area contributed by atoms with E-state index < -0.39 is 0 Å². The molecule has 0 unspecified atom stereocenters. The summed E-state index contributed by atoms with van der Waals surface area (Å²) >= 11 is 0. The van der Waals surface area contributed by atoms with Crippen molar-refractivity contribution in [3.8, 4) is 5.75 Å². The first-order valence-electron chi connectivity index (χ1n) is 6.50. The Morgan fingerprint density at radius 3 is 2.41 bits per heavy atom. The number of ether oxygens (including phenoxy) is 1. The zero-order chi connectivity index (χ0) is 12.3. The van der Waals surface area contributed by atoms with E-state index in [1.807, 2.05) is 30.5 Å². The second kappa shape index (κ2) is 8.80. The Hall–Kier alpha value is -1.31. The molecule has 2 nitrogen and oxygen atoms in total. The number of aliphatic imine (C=N–C) groups is 1. The monoisotopic (exact) mass is 233 g/mol. The minimum absolute atomic E-state index is 0.890. The van der Waals surface area contributed by atoms with Crippen molar-refractivity contribution in [2.75, 3.05) is 13.7 Å². The summed E-state index contributed by atoms with van der Waals surface area (Å²) in [5.41, 5.74) is 1.14. The van der Waals surface area contributed by atoms with Crippen LogP contribution in [0, 0.1) is 0 Å². The molecule has 0 aromatic heterocycles. The van der Waals surface area contributed by atoms with Gasteiger partial charge in [-0.3, -0.25) is 4.99 Å². The van der Waals surface area contributed by atoms with Crippen LogP contribution < -0.4 is 4.74 Å². The Kier molecular flexibility index (Phi) is 7.12. The van der Waals surface area contributed by atoms with Gasteiger partial charge in [0.15, 0.2) is 0 Å². The molecule has 0 aliphatic carbocycles. The first-order chi connectivity index (χ1) is 8.36. The predicted octanol–water partition coefficient (Wildman–Crippen LogP) is 4.08. The second-order valence-corrected chi connectivity index (χ2v) is 4.22. The molecule has 1 rings (SSSR count). The Morgan fingerprint density at radius 2 is 1.76 bits per heavy atom. The van der Waals surface area contributed by atoms with Gasteiger partial charge in [0.25, 0.3) is 0 Å². The van der Waals surface area contributed by atoms with Crippen LogP contribution in [0.25, 0.3) is 0 Å². The van der Waals surface area contributed by atoms with Gasteiger partial charge >= 0.3 is 0 Å². The van der Waals surface area contributed by atoms with E-state index in [4.69, 9.17) is 4.74 Å². The highest BCUT2D eigenvalue weighted by molar-refractivity contribution is 5.79. The van der Waals surface area contributed by atoms with Crippen LogP contribution in [0.3, 0.4) is 0 Å². The minimum Gasteiger partial charge on any atom is -0.497 e. The van der Waals surface area contributed by atoms with E-state index in [-0.39, 0.29) is 0 Å². The van der Waals surface area contributed by atoms with Crippen LogP contribution in [-0.4, -0.2) is 19.9 Å². The molecule has 94 valence electrons. The molecule has 0 fully saturated rings. The molecule has 0 saturated carbocycles. The molecule has 0 bridgehead atoms. The molecule has 0 aliphatic heterocycles. The Morgan fingerprint density at radius 1 is 1.06 bits per heavy atom. The average molecular weight is 233 g/mol. The van der Waals surface area contributed by atoms with Crippen molar-refractivity contribution < 1.29 is 4.74 Å². The smallest absolute Gasteiger partial charge is 0.118 e. The van der Waals surface area contributed by atoms with Gasteiger partial charge in [-0.15, -0.1) is 0 Å². The summed E-state index contributed by atoms with van der Waals surface area (Å²) in [5, 5.41) is 0. The minimum atomic E-state index is 0.890. The van der Waals surface area contributed by atoms with Crippen molar-refractivity contribution in [2.45, 2.75) is 39.0 Å². The van der Waals surface area contributed by atoms with Gasteiger partial charge in [-0.2, -0.15) is 0 Å². The molecule has 1 aromatic carbocycles. The van der Waals surface area contributed by atoms with Crippen LogP contribution in [0.15, 0.2) is 29.3 Å². The van der Waals surface area contributed by atoms with Crippen molar-refractivity contribution in [1.82, 2.24) is 0 Å². The van der Waals surface area contributed by atoms with Crippen LogP contribution in [0.4, 0.5) is 0 Å². The maximum Gasteiger partial charge on any atom is 0.118 e. The van der Waals surface area contributed by atoms with Gasteiger partial charge in [0, 0.05) is 12.8 Å². The fourth-order valence-corrected chi connectivity index (χ4v) is 1.67. The number of methoxy groups -OCH3 is 1. The number of nitrogens with zero attached hydrogens (tertiary/aromatic N) is 1. The standard InChI is InChI=1S/C15H23NO/c1-3-4-5-6-7-12-16-13-14-8-10-15(17-2)11-9-14/h8-11,13H,3-7,12H2,1-2H3. The summed E-state index contributed by atoms with van der Waals surface area (Å²) < 4.78 is 5.11. The Bertz CT molecular complexity index is 316. The maximum atomic E-state index is 5.11. The quantitative estimate of drug-likeness (QED) is 0.489. The molecule has 17 heavy (non-hydrogen) atoms. The maximum absolute atomic E-state index is 5.11. The molecule has 0 amide bonds. The van der Waals surface area contributed by atoms with Gasteiger partial charge in [0.1, 0.15) is 5.75 Å². The van der Waals surface area contributed by atoms with E-state index in [9.17, 15) is 0 Å². The topological polar surface area (TPSA) is 21.6 Å². The third kappa shape index (κ3) is 6.10. The van der Waals surface area contributed by atoms with Gasteiger partial charge in [-0.1, -0.05) is 32.6 Å². The molecule has 0 aliphatic rings. The van der Waals surface area contributed by atoms with Gasteiger partial charge in [0.05, 0.1) is 7.11 Å². The molecule has 0 radical (unpaired) electrons. The lowest BCUT2D eigenvalue weighted by molar-refractivity contribution is 0.415. The Labute approximate surface area is 105 Å². The SMILES string of the molecule is CCCCCCCN=Cc1ccc(OC)cc1. The van der Waals surface area contributed by atoms with E-state index in [1.165, 1.54) is 32.1 Å². The third-order valence-corrected chi connectivity index (χ3v) is 2.75. The summed E-state index contributed by atoms with van der Waals surface area (Å²) in [4.78, 5) is 4.43. The Balaban J connectivity index is 2.19. The lowest BCUT2D eigenvalue weighted by atomic mass is 10.1. The largest absolute Gasteiger partial charge is 0.497 e. The van der Waals surface area contributed by atoms with Crippen LogP contribution in [0.5, 0.6) is 5.75 Å². The van der Waals surface area contributed by atoms with Crippen molar-refractivity contribution in [2.24, 2.45) is 4.99 Å². The zero-order valence-corrected chi connectivity index (χ0v) is 11.0. The van der Waals surface area contributed by atoms with Crippen LogP contribution in [-0.2, 0) is 0 Å². The summed E-state index contributed by atoms with van der Waals surface area (Å²) in [5.74, 6) is 0.890. The van der Waals surface area contributed by atoms with Crippen LogP contribution >= 0.6 is 0 Å². The number of unbranched alkanes of at least 4 members (excludes halogenated alkanes) is 4. The summed E-state index contributed by atoms with van der Waals surface area (Å²) in [6, 6.07) is 7.98. The summed E-state index contributed by atoms with van der Waals surface area (Å²) in [7, 11) is 1.68. The molecule has 0 N–H and O–H groups in total. The molecule has 2 heteroatoms. The number of hydrogen-bond donors (Lipinski definition) is 0. The number of hydrogen-bond acceptors (Lipinski definition) is 2. The highest BCUT2D eigenvalue weighted by atomic mass is 16.5. The molecule has 0 atom stereocenters. The predicted molar refractivity (Wildman–Crippen MR) is 74.2 cm³/mol. The number of benzene rings is 1. The van der Waals surface area contributed by atoms with Crippen molar-refractivity contribution in [1.29, 1.82) is 0 Å². The normalized spacial score (nSPS) is 10.9. The summed E-state index contributed by atoms with van der Waals surface area (Å²) in [6.45, 7) is 3.18. The number of rotatable bonds is 8. The highest BCUT2D eigenvalue weighted by Gasteiger charge is 1.91. The van der Waals surface area contributed by atoms with Crippen molar-refractivity contribution >= 4 is 6.21 Å². The second-order valence-electron chi connectivity index (χ2n) is 4.22. The van der Waals surface area contributed by atoms with Crippen molar-refractivity contribution in [3.05, 3.63) is 29.8 Å². The van der Waals surface area contributed by atoms with Crippen LogP contribution in [0.2, 0.25) is 0 Å². The van der Waals surface area contributed by atoms with E-state index in [0.29, 0.717) is 0 Å². The van der Waals surface area contributed by atoms with Gasteiger partial charge < -0.3 is 4.74 Å². The third-order valence-electron chi connectivity index (χ3n) is 2.75. The van der Waals surface area contributed by atoms with E-state index in [2.05, 4.69) is 11.9 Å². The molecular weight excluding hydrogens is 210 g/mol. The van der Waals surface area contributed by atoms with E-state index >= 15 is 0 Å². The molecular formula is C15H23NO. The zero-order valence-electron chi connectivity index (χ0n) is 11.0. The van der Waals surface area contributed by atoms with Crippen LogP contribution in [0.1, 0.15) is 44.6 Å². The summed E-state index contributed by atoms with van der Waals surface area (Å²) in [6.07, 6.45) is 8.44. The molecule has 0 spiro atoms. The van der Waals surface area contributed by atoms with E-state index in [1.54, 1.807) is 7.11 Å². The lowest BCUT2D eigenvalue weighted by Gasteiger charge is -1.99. The first kappa shape index (κ1) is 13.8. The van der Waals surface area contributed by atoms with Gasteiger partial charge in [-0.25, -0.2) is 0 Å². The van der Waals surface area contributed by atoms with E-state index in [0.717, 1.165) is 17.9 Å². The molecule has 1 aromatic rings. The highest BCUT2D eigenvalue weighted by Crippen LogP contribution is 2.09. The van der Waals surface area contributed by atoms with Crippen molar-refractivity contribution in [3.63, 3.8) is 0 Å². The molecule has 0 heterocycles. The first-order valence-corrected chi connectivity index (χ1v) is 6.50. The fourth-order valence-electron chi connectivity index (χ4n) is 1.67. The fraction of sp³-hybridized carbons (Fsp3) is 0.533. The van der Waals surface area contributed by atoms with Gasteiger partial charge in [0.2, 0.25) is 0 Å². The van der Waals surface area contributed by atoms with Gasteiger partial charge in [-0.05, 0) is 36.2 Å².